The Balaban J connectivity index is 1.78. The minimum atomic E-state index is 0.780. The molecule has 0 bridgehead atoms. The number of ether oxygens (including phenoxy) is 1. The Bertz CT molecular complexity index is 986. The van der Waals surface area contributed by atoms with Crippen LogP contribution >= 0.6 is 0 Å². The molecule has 2 aliphatic heterocycles. The third kappa shape index (κ3) is 2.42. The molecule has 26 heavy (non-hydrogen) atoms. The molecule has 0 aliphatic carbocycles. The summed E-state index contributed by atoms with van der Waals surface area (Å²) >= 11 is 0. The minimum absolute atomic E-state index is 0.780. The number of benzene rings is 2. The molecule has 3 heterocycles. The van der Waals surface area contributed by atoms with Gasteiger partial charge in [-0.3, -0.25) is 4.90 Å². The predicted molar refractivity (Wildman–Crippen MR) is 104 cm³/mol. The highest BCUT2D eigenvalue weighted by atomic mass is 16.5. The zero-order valence-electron chi connectivity index (χ0n) is 15.3. The number of furan rings is 1. The molecule has 0 amide bonds. The first-order chi connectivity index (χ1) is 12.7. The summed E-state index contributed by atoms with van der Waals surface area (Å²) in [4.78, 5) is 2.27. The normalized spacial score (nSPS) is 15.5. The van der Waals surface area contributed by atoms with E-state index in [4.69, 9.17) is 9.15 Å². The fourth-order valence-electron chi connectivity index (χ4n) is 4.22. The lowest BCUT2D eigenvalue weighted by molar-refractivity contribution is 0.289. The Morgan fingerprint density at radius 1 is 0.846 bits per heavy atom. The van der Waals surface area contributed by atoms with Gasteiger partial charge in [-0.1, -0.05) is 29.8 Å². The molecular formula is C23H23NO2. The van der Waals surface area contributed by atoms with Crippen LogP contribution in [0.4, 0.5) is 17.3 Å². The van der Waals surface area contributed by atoms with Crippen molar-refractivity contribution in [3.63, 3.8) is 0 Å². The van der Waals surface area contributed by atoms with Gasteiger partial charge in [-0.25, -0.2) is 0 Å². The number of aryl methyl sites for hydroxylation is 5. The van der Waals surface area contributed by atoms with E-state index < -0.39 is 0 Å². The van der Waals surface area contributed by atoms with Gasteiger partial charge in [0.1, 0.15) is 11.5 Å². The highest BCUT2D eigenvalue weighted by molar-refractivity contribution is 5.83. The van der Waals surface area contributed by atoms with Crippen molar-refractivity contribution >= 4 is 17.3 Å². The standard InChI is InChI=1S/C23H23NO2/c1-15-8-11-20-18(13-15)9-10-19-14-16(2)26-23(19)24(20)21-7-3-5-17-6-4-12-25-22(17)21/h3,5,7-8,11,13-14H,4,6,9-10,12H2,1-2H3. The lowest BCUT2D eigenvalue weighted by Crippen LogP contribution is -2.16. The summed E-state index contributed by atoms with van der Waals surface area (Å²) in [6.45, 7) is 4.97. The van der Waals surface area contributed by atoms with Crippen LogP contribution < -0.4 is 9.64 Å². The Kier molecular flexibility index (Phi) is 3.56. The van der Waals surface area contributed by atoms with E-state index >= 15 is 0 Å². The van der Waals surface area contributed by atoms with Gasteiger partial charge in [0.05, 0.1) is 18.0 Å². The predicted octanol–water partition coefficient (Wildman–Crippen LogP) is 5.79. The number of rotatable bonds is 1. The smallest absolute Gasteiger partial charge is 0.207 e. The molecule has 132 valence electrons. The monoisotopic (exact) mass is 345 g/mol. The van der Waals surface area contributed by atoms with Crippen molar-refractivity contribution in [3.05, 3.63) is 70.5 Å². The molecule has 3 heteroatoms. The van der Waals surface area contributed by atoms with Crippen LogP contribution in [-0.2, 0) is 19.3 Å². The average Bonchev–Trinajstić information content (AvgIpc) is 2.95. The Morgan fingerprint density at radius 3 is 2.65 bits per heavy atom. The van der Waals surface area contributed by atoms with Crippen LogP contribution in [0.5, 0.6) is 5.75 Å². The summed E-state index contributed by atoms with van der Waals surface area (Å²) in [6, 6.07) is 15.4. The molecule has 2 aromatic carbocycles. The third-order valence-electron chi connectivity index (χ3n) is 5.41. The topological polar surface area (TPSA) is 25.6 Å². The molecular weight excluding hydrogens is 322 g/mol. The molecule has 0 saturated carbocycles. The second kappa shape index (κ2) is 5.94. The molecule has 5 rings (SSSR count). The van der Waals surface area contributed by atoms with Gasteiger partial charge in [0.25, 0.3) is 0 Å². The molecule has 0 spiro atoms. The molecule has 0 unspecified atom stereocenters. The second-order valence-electron chi connectivity index (χ2n) is 7.37. The van der Waals surface area contributed by atoms with Crippen molar-refractivity contribution in [1.29, 1.82) is 0 Å². The number of para-hydroxylation sites is 1. The van der Waals surface area contributed by atoms with E-state index in [1.807, 2.05) is 6.92 Å². The molecule has 3 nitrogen and oxygen atoms in total. The van der Waals surface area contributed by atoms with Crippen molar-refractivity contribution in [1.82, 2.24) is 0 Å². The van der Waals surface area contributed by atoms with Gasteiger partial charge in [-0.15, -0.1) is 0 Å². The largest absolute Gasteiger partial charge is 0.491 e. The maximum Gasteiger partial charge on any atom is 0.207 e. The maximum atomic E-state index is 6.20. The van der Waals surface area contributed by atoms with Gasteiger partial charge in [0, 0.05) is 5.56 Å². The summed E-state index contributed by atoms with van der Waals surface area (Å²) in [5.41, 5.74) is 7.50. The summed E-state index contributed by atoms with van der Waals surface area (Å²) in [7, 11) is 0. The van der Waals surface area contributed by atoms with Crippen molar-refractivity contribution in [3.8, 4) is 5.75 Å². The van der Waals surface area contributed by atoms with E-state index in [2.05, 4.69) is 54.3 Å². The highest BCUT2D eigenvalue weighted by Gasteiger charge is 2.29. The van der Waals surface area contributed by atoms with E-state index in [9.17, 15) is 0 Å². The van der Waals surface area contributed by atoms with Crippen LogP contribution in [0.2, 0.25) is 0 Å². The van der Waals surface area contributed by atoms with Crippen molar-refractivity contribution in [2.45, 2.75) is 39.5 Å². The summed E-state index contributed by atoms with van der Waals surface area (Å²) in [5.74, 6) is 2.90. The van der Waals surface area contributed by atoms with Crippen LogP contribution in [0.1, 0.15) is 34.4 Å². The molecule has 0 saturated heterocycles. The first-order valence-corrected chi connectivity index (χ1v) is 9.44. The van der Waals surface area contributed by atoms with Gasteiger partial charge in [-0.05, 0) is 68.9 Å². The van der Waals surface area contributed by atoms with Crippen LogP contribution in [0, 0.1) is 13.8 Å². The first kappa shape index (κ1) is 15.6. The van der Waals surface area contributed by atoms with E-state index in [1.54, 1.807) is 0 Å². The number of anilines is 3. The summed E-state index contributed by atoms with van der Waals surface area (Å²) in [5, 5.41) is 0. The van der Waals surface area contributed by atoms with Gasteiger partial charge < -0.3 is 9.15 Å². The molecule has 3 aromatic rings. The average molecular weight is 345 g/mol. The van der Waals surface area contributed by atoms with E-state index in [-0.39, 0.29) is 0 Å². The fraction of sp³-hybridized carbons (Fsp3) is 0.304. The van der Waals surface area contributed by atoms with Gasteiger partial charge in [-0.2, -0.15) is 0 Å². The first-order valence-electron chi connectivity index (χ1n) is 9.44. The molecule has 1 aromatic heterocycles. The Hall–Kier alpha value is -2.68. The minimum Gasteiger partial charge on any atom is -0.491 e. The number of fused-ring (bicyclic) bond motifs is 3. The van der Waals surface area contributed by atoms with Crippen molar-refractivity contribution < 1.29 is 9.15 Å². The number of hydrogen-bond donors (Lipinski definition) is 0. The van der Waals surface area contributed by atoms with Gasteiger partial charge in [0.2, 0.25) is 5.88 Å². The maximum absolute atomic E-state index is 6.20. The lowest BCUT2D eigenvalue weighted by atomic mass is 10.0. The fourth-order valence-corrected chi connectivity index (χ4v) is 4.22. The molecule has 0 N–H and O–H groups in total. The molecule has 2 aliphatic rings. The summed E-state index contributed by atoms with van der Waals surface area (Å²) < 4.78 is 12.3. The van der Waals surface area contributed by atoms with Crippen molar-refractivity contribution in [2.75, 3.05) is 11.5 Å². The molecule has 0 atom stereocenters. The quantitative estimate of drug-likeness (QED) is 0.558. The van der Waals surface area contributed by atoms with E-state index in [1.165, 1.54) is 27.9 Å². The number of hydrogen-bond acceptors (Lipinski definition) is 3. The van der Waals surface area contributed by atoms with Crippen LogP contribution in [-0.4, -0.2) is 6.61 Å². The third-order valence-corrected chi connectivity index (χ3v) is 5.41. The van der Waals surface area contributed by atoms with E-state index in [0.29, 0.717) is 0 Å². The van der Waals surface area contributed by atoms with Gasteiger partial charge in [0.15, 0.2) is 0 Å². The Labute approximate surface area is 154 Å². The van der Waals surface area contributed by atoms with Crippen LogP contribution in [0.15, 0.2) is 46.9 Å². The van der Waals surface area contributed by atoms with Gasteiger partial charge >= 0.3 is 0 Å². The zero-order valence-corrected chi connectivity index (χ0v) is 15.3. The van der Waals surface area contributed by atoms with Crippen molar-refractivity contribution in [2.24, 2.45) is 0 Å². The van der Waals surface area contributed by atoms with Crippen LogP contribution in [0.25, 0.3) is 0 Å². The molecule has 0 fully saturated rings. The zero-order chi connectivity index (χ0) is 17.7. The molecule has 0 radical (unpaired) electrons. The van der Waals surface area contributed by atoms with E-state index in [0.717, 1.165) is 55.4 Å². The lowest BCUT2D eigenvalue weighted by Gasteiger charge is -2.29. The SMILES string of the molecule is Cc1ccc2c(c1)CCc1cc(C)oc1N2c1cccc2c1OCCC2. The second-order valence-corrected chi connectivity index (χ2v) is 7.37. The summed E-state index contributed by atoms with van der Waals surface area (Å²) in [6.07, 6.45) is 4.17. The van der Waals surface area contributed by atoms with Crippen LogP contribution in [0.3, 0.4) is 0 Å². The Morgan fingerprint density at radius 2 is 1.73 bits per heavy atom. The highest BCUT2D eigenvalue weighted by Crippen LogP contribution is 2.48. The number of nitrogens with zero attached hydrogens (tertiary/aromatic N) is 1.